The monoisotopic (exact) mass is 218 g/mol. The first kappa shape index (κ1) is 11.5. The number of nitrogens with one attached hydrogen (secondary N) is 2. The fraction of sp³-hybridized carbons (Fsp3) is 0.556. The van der Waals surface area contributed by atoms with Gasteiger partial charge in [-0.1, -0.05) is 0 Å². The van der Waals surface area contributed by atoms with Gasteiger partial charge in [-0.2, -0.15) is 0 Å². The van der Waals surface area contributed by atoms with Crippen LogP contribution in [-0.4, -0.2) is 24.7 Å². The summed E-state index contributed by atoms with van der Waals surface area (Å²) in [7, 11) is 0. The Morgan fingerprint density at radius 2 is 2.29 bits per heavy atom. The molecule has 0 bridgehead atoms. The van der Waals surface area contributed by atoms with E-state index in [4.69, 9.17) is 9.52 Å². The molecule has 0 unspecified atom stereocenters. The van der Waals surface area contributed by atoms with Gasteiger partial charge in [0.05, 0.1) is 6.04 Å². The SMILES string of the molecule is Cl.OCc1ccc([C@H]2CNCCN2)o1. The number of aliphatic hydroxyl groups is 1. The average molecular weight is 219 g/mol. The van der Waals surface area contributed by atoms with Crippen LogP contribution in [0.4, 0.5) is 0 Å². The maximum atomic E-state index is 8.82. The Kier molecular flexibility index (Phi) is 4.41. The van der Waals surface area contributed by atoms with Gasteiger partial charge < -0.3 is 20.2 Å². The predicted octanol–water partition coefficient (Wildman–Crippen LogP) is 0.428. The molecule has 14 heavy (non-hydrogen) atoms. The summed E-state index contributed by atoms with van der Waals surface area (Å²) < 4.78 is 5.42. The van der Waals surface area contributed by atoms with Crippen molar-refractivity contribution in [3.63, 3.8) is 0 Å². The van der Waals surface area contributed by atoms with E-state index in [0.717, 1.165) is 25.4 Å². The molecule has 1 saturated heterocycles. The molecule has 5 heteroatoms. The zero-order chi connectivity index (χ0) is 9.10. The molecule has 3 N–H and O–H groups in total. The van der Waals surface area contributed by atoms with Crippen molar-refractivity contribution in [2.75, 3.05) is 19.6 Å². The van der Waals surface area contributed by atoms with Crippen molar-refractivity contribution >= 4 is 12.4 Å². The Balaban J connectivity index is 0.000000980. The lowest BCUT2D eigenvalue weighted by molar-refractivity contribution is 0.237. The third kappa shape index (κ3) is 2.48. The van der Waals surface area contributed by atoms with Gasteiger partial charge in [-0.15, -0.1) is 12.4 Å². The van der Waals surface area contributed by atoms with Crippen LogP contribution in [0.25, 0.3) is 0 Å². The van der Waals surface area contributed by atoms with Crippen LogP contribution >= 0.6 is 12.4 Å². The quantitative estimate of drug-likeness (QED) is 0.674. The van der Waals surface area contributed by atoms with Crippen molar-refractivity contribution in [2.45, 2.75) is 12.6 Å². The van der Waals surface area contributed by atoms with E-state index < -0.39 is 0 Å². The summed E-state index contributed by atoms with van der Waals surface area (Å²) in [6, 6.07) is 3.97. The lowest BCUT2D eigenvalue weighted by Gasteiger charge is -2.22. The second-order valence-electron chi connectivity index (χ2n) is 3.17. The highest BCUT2D eigenvalue weighted by molar-refractivity contribution is 5.85. The molecular weight excluding hydrogens is 204 g/mol. The van der Waals surface area contributed by atoms with Crippen LogP contribution in [0, 0.1) is 0 Å². The lowest BCUT2D eigenvalue weighted by atomic mass is 10.2. The molecule has 0 aromatic carbocycles. The van der Waals surface area contributed by atoms with E-state index in [9.17, 15) is 0 Å². The van der Waals surface area contributed by atoms with E-state index in [1.807, 2.05) is 12.1 Å². The molecule has 1 aromatic rings. The molecule has 80 valence electrons. The van der Waals surface area contributed by atoms with Crippen LogP contribution in [0.3, 0.4) is 0 Å². The molecule has 4 nitrogen and oxygen atoms in total. The second kappa shape index (κ2) is 5.36. The Morgan fingerprint density at radius 3 is 2.86 bits per heavy atom. The van der Waals surface area contributed by atoms with Crippen LogP contribution < -0.4 is 10.6 Å². The summed E-state index contributed by atoms with van der Waals surface area (Å²) in [5.41, 5.74) is 0. The van der Waals surface area contributed by atoms with Crippen LogP contribution in [0.15, 0.2) is 16.5 Å². The first-order valence-corrected chi connectivity index (χ1v) is 4.53. The molecule has 1 aliphatic rings. The van der Waals surface area contributed by atoms with Crippen LogP contribution in [0.1, 0.15) is 17.6 Å². The summed E-state index contributed by atoms with van der Waals surface area (Å²) in [6.45, 7) is 2.82. The third-order valence-corrected chi connectivity index (χ3v) is 2.22. The number of rotatable bonds is 2. The van der Waals surface area contributed by atoms with E-state index in [1.54, 1.807) is 0 Å². The van der Waals surface area contributed by atoms with Crippen molar-refractivity contribution in [1.82, 2.24) is 10.6 Å². The summed E-state index contributed by atoms with van der Waals surface area (Å²) in [6.07, 6.45) is 0. The Morgan fingerprint density at radius 1 is 1.43 bits per heavy atom. The van der Waals surface area contributed by atoms with Gasteiger partial charge in [0.2, 0.25) is 0 Å². The first-order chi connectivity index (χ1) is 6.40. The molecule has 0 spiro atoms. The lowest BCUT2D eigenvalue weighted by Crippen LogP contribution is -2.42. The summed E-state index contributed by atoms with van der Waals surface area (Å²) in [5.74, 6) is 1.53. The van der Waals surface area contributed by atoms with Crippen molar-refractivity contribution in [2.24, 2.45) is 0 Å². The summed E-state index contributed by atoms with van der Waals surface area (Å²) in [4.78, 5) is 0. The van der Waals surface area contributed by atoms with E-state index >= 15 is 0 Å². The Hall–Kier alpha value is -0.550. The number of furan rings is 1. The minimum atomic E-state index is -0.0276. The average Bonchev–Trinajstić information content (AvgIpc) is 2.67. The number of aliphatic hydroxyl groups excluding tert-OH is 1. The molecule has 1 aromatic heterocycles. The number of piperazine rings is 1. The molecule has 2 heterocycles. The third-order valence-electron chi connectivity index (χ3n) is 2.22. The number of hydrogen-bond donors (Lipinski definition) is 3. The molecule has 2 rings (SSSR count). The normalized spacial score (nSPS) is 21.6. The van der Waals surface area contributed by atoms with Gasteiger partial charge >= 0.3 is 0 Å². The highest BCUT2D eigenvalue weighted by Gasteiger charge is 2.17. The molecule has 0 saturated carbocycles. The summed E-state index contributed by atoms with van der Waals surface area (Å²) in [5, 5.41) is 15.4. The minimum Gasteiger partial charge on any atom is -0.462 e. The molecule has 0 aliphatic carbocycles. The van der Waals surface area contributed by atoms with Gasteiger partial charge in [0.15, 0.2) is 0 Å². The standard InChI is InChI=1S/C9H14N2O2.ClH/c12-6-7-1-2-9(13-7)8-5-10-3-4-11-8;/h1-2,8,10-12H,3-6H2;1H/t8-;/m1./s1. The molecule has 0 radical (unpaired) electrons. The molecular formula is C9H15ClN2O2. The fourth-order valence-electron chi connectivity index (χ4n) is 1.52. The van der Waals surface area contributed by atoms with Crippen LogP contribution in [0.2, 0.25) is 0 Å². The van der Waals surface area contributed by atoms with E-state index in [-0.39, 0.29) is 25.1 Å². The Labute approximate surface area is 89.1 Å². The van der Waals surface area contributed by atoms with Gasteiger partial charge in [0, 0.05) is 19.6 Å². The molecule has 0 amide bonds. The maximum absolute atomic E-state index is 8.82. The highest BCUT2D eigenvalue weighted by Crippen LogP contribution is 2.16. The zero-order valence-corrected chi connectivity index (χ0v) is 8.64. The predicted molar refractivity (Wildman–Crippen MR) is 55.5 cm³/mol. The van der Waals surface area contributed by atoms with Gasteiger partial charge in [-0.3, -0.25) is 0 Å². The van der Waals surface area contributed by atoms with Crippen molar-refractivity contribution in [3.05, 3.63) is 23.7 Å². The largest absolute Gasteiger partial charge is 0.462 e. The van der Waals surface area contributed by atoms with Gasteiger partial charge in [-0.05, 0) is 12.1 Å². The van der Waals surface area contributed by atoms with Gasteiger partial charge in [-0.25, -0.2) is 0 Å². The number of hydrogen-bond acceptors (Lipinski definition) is 4. The van der Waals surface area contributed by atoms with Crippen molar-refractivity contribution < 1.29 is 9.52 Å². The van der Waals surface area contributed by atoms with Gasteiger partial charge in [0.25, 0.3) is 0 Å². The van der Waals surface area contributed by atoms with Crippen LogP contribution in [0.5, 0.6) is 0 Å². The molecule has 1 fully saturated rings. The maximum Gasteiger partial charge on any atom is 0.129 e. The van der Waals surface area contributed by atoms with E-state index in [0.29, 0.717) is 5.76 Å². The topological polar surface area (TPSA) is 57.4 Å². The highest BCUT2D eigenvalue weighted by atomic mass is 35.5. The summed E-state index contributed by atoms with van der Waals surface area (Å²) >= 11 is 0. The van der Waals surface area contributed by atoms with Crippen molar-refractivity contribution in [3.8, 4) is 0 Å². The zero-order valence-electron chi connectivity index (χ0n) is 7.82. The van der Waals surface area contributed by atoms with E-state index in [2.05, 4.69) is 10.6 Å². The number of halogens is 1. The van der Waals surface area contributed by atoms with Crippen molar-refractivity contribution in [1.29, 1.82) is 0 Å². The smallest absolute Gasteiger partial charge is 0.129 e. The van der Waals surface area contributed by atoms with E-state index in [1.165, 1.54) is 0 Å². The first-order valence-electron chi connectivity index (χ1n) is 4.53. The molecule has 1 atom stereocenters. The Bertz CT molecular complexity index is 272. The second-order valence-corrected chi connectivity index (χ2v) is 3.17. The van der Waals surface area contributed by atoms with Gasteiger partial charge in [0.1, 0.15) is 18.1 Å². The molecule has 1 aliphatic heterocycles. The minimum absolute atomic E-state index is 0. The van der Waals surface area contributed by atoms with Crippen LogP contribution in [-0.2, 0) is 6.61 Å². The fourth-order valence-corrected chi connectivity index (χ4v) is 1.52.